The Morgan fingerprint density at radius 2 is 2.00 bits per heavy atom. The summed E-state index contributed by atoms with van der Waals surface area (Å²) >= 11 is 0. The van der Waals surface area contributed by atoms with Crippen LogP contribution in [0, 0.1) is 10.1 Å². The quantitative estimate of drug-likeness (QED) is 0.484. The van der Waals surface area contributed by atoms with Crippen molar-refractivity contribution in [3.63, 3.8) is 0 Å². The standard InChI is InChI=1S/C8H5F5N2O4/c1-18-6-3(15(16)17)2-4(19-8(11,12)13)14-5(6)7(9)10/h2,7H,1H3. The first-order valence-corrected chi connectivity index (χ1v) is 4.43. The molecule has 0 amide bonds. The van der Waals surface area contributed by atoms with Crippen molar-refractivity contribution >= 4 is 5.69 Å². The van der Waals surface area contributed by atoms with E-state index in [1.165, 1.54) is 0 Å². The number of pyridine rings is 1. The lowest BCUT2D eigenvalue weighted by Gasteiger charge is -2.11. The van der Waals surface area contributed by atoms with Gasteiger partial charge in [-0.15, -0.1) is 13.2 Å². The molecule has 0 unspecified atom stereocenters. The lowest BCUT2D eigenvalue weighted by molar-refractivity contribution is -0.386. The molecule has 0 aromatic carbocycles. The predicted octanol–water partition coefficient (Wildman–Crippen LogP) is 2.83. The molecule has 0 saturated heterocycles. The van der Waals surface area contributed by atoms with Crippen LogP contribution in [0.25, 0.3) is 0 Å². The predicted molar refractivity (Wildman–Crippen MR) is 49.1 cm³/mol. The van der Waals surface area contributed by atoms with Gasteiger partial charge in [-0.1, -0.05) is 0 Å². The van der Waals surface area contributed by atoms with Crippen LogP contribution >= 0.6 is 0 Å². The summed E-state index contributed by atoms with van der Waals surface area (Å²) in [5, 5.41) is 10.6. The van der Waals surface area contributed by atoms with Gasteiger partial charge >= 0.3 is 12.0 Å². The summed E-state index contributed by atoms with van der Waals surface area (Å²) in [5.74, 6) is -2.29. The second-order valence-electron chi connectivity index (χ2n) is 3.00. The summed E-state index contributed by atoms with van der Waals surface area (Å²) in [6.45, 7) is 0. The van der Waals surface area contributed by atoms with Crippen LogP contribution in [0.3, 0.4) is 0 Å². The monoisotopic (exact) mass is 288 g/mol. The van der Waals surface area contributed by atoms with E-state index in [-0.39, 0.29) is 6.07 Å². The highest BCUT2D eigenvalue weighted by molar-refractivity contribution is 5.52. The highest BCUT2D eigenvalue weighted by atomic mass is 19.4. The Bertz CT molecular complexity index is 491. The smallest absolute Gasteiger partial charge is 0.489 e. The second kappa shape index (κ2) is 5.20. The summed E-state index contributed by atoms with van der Waals surface area (Å²) in [4.78, 5) is 12.3. The highest BCUT2D eigenvalue weighted by Gasteiger charge is 2.35. The third kappa shape index (κ3) is 3.63. The molecule has 19 heavy (non-hydrogen) atoms. The third-order valence-electron chi connectivity index (χ3n) is 1.78. The summed E-state index contributed by atoms with van der Waals surface area (Å²) in [6.07, 6.45) is -8.58. The Morgan fingerprint density at radius 1 is 1.42 bits per heavy atom. The summed E-state index contributed by atoms with van der Waals surface area (Å²) in [6, 6.07) is 0.248. The van der Waals surface area contributed by atoms with Gasteiger partial charge in [-0.25, -0.2) is 13.8 Å². The second-order valence-corrected chi connectivity index (χ2v) is 3.00. The zero-order chi connectivity index (χ0) is 14.8. The van der Waals surface area contributed by atoms with Crippen molar-refractivity contribution in [2.24, 2.45) is 0 Å². The Kier molecular flexibility index (Phi) is 4.07. The fraction of sp³-hybridized carbons (Fsp3) is 0.375. The van der Waals surface area contributed by atoms with Crippen LogP contribution in [0.15, 0.2) is 6.07 Å². The summed E-state index contributed by atoms with van der Waals surface area (Å²) in [7, 11) is 0.847. The minimum absolute atomic E-state index is 0.248. The minimum Gasteiger partial charge on any atom is -0.489 e. The summed E-state index contributed by atoms with van der Waals surface area (Å²) < 4.78 is 68.6. The molecule has 1 rings (SSSR count). The molecule has 0 bridgehead atoms. The number of methoxy groups -OCH3 is 1. The molecule has 1 heterocycles. The van der Waals surface area contributed by atoms with E-state index in [0.29, 0.717) is 0 Å². The SMILES string of the molecule is COc1c([N+](=O)[O-])cc(OC(F)(F)F)nc1C(F)F. The first-order valence-electron chi connectivity index (χ1n) is 4.43. The summed E-state index contributed by atoms with van der Waals surface area (Å²) in [5.41, 5.74) is -2.41. The first kappa shape index (κ1) is 14.9. The van der Waals surface area contributed by atoms with E-state index in [0.717, 1.165) is 7.11 Å². The number of nitro groups is 1. The van der Waals surface area contributed by atoms with Crippen LogP contribution < -0.4 is 9.47 Å². The molecular formula is C8H5F5N2O4. The molecule has 0 aliphatic carbocycles. The van der Waals surface area contributed by atoms with Gasteiger partial charge in [0.15, 0.2) is 5.69 Å². The molecule has 0 atom stereocenters. The fourth-order valence-corrected chi connectivity index (χ4v) is 1.18. The van der Waals surface area contributed by atoms with Gasteiger partial charge in [0.05, 0.1) is 18.1 Å². The van der Waals surface area contributed by atoms with E-state index in [1.807, 2.05) is 0 Å². The van der Waals surface area contributed by atoms with Crippen molar-refractivity contribution in [1.82, 2.24) is 4.98 Å². The molecule has 0 saturated carbocycles. The lowest BCUT2D eigenvalue weighted by atomic mass is 10.3. The number of rotatable bonds is 4. The average Bonchev–Trinajstić information content (AvgIpc) is 2.25. The maximum atomic E-state index is 12.6. The fourth-order valence-electron chi connectivity index (χ4n) is 1.18. The minimum atomic E-state index is -5.21. The zero-order valence-electron chi connectivity index (χ0n) is 9.07. The molecule has 0 aliphatic heterocycles. The number of hydrogen-bond donors (Lipinski definition) is 0. The molecule has 106 valence electrons. The van der Waals surface area contributed by atoms with Crippen LogP contribution in [0.2, 0.25) is 0 Å². The first-order chi connectivity index (χ1) is 8.65. The van der Waals surface area contributed by atoms with Gasteiger partial charge in [0.25, 0.3) is 6.43 Å². The molecular weight excluding hydrogens is 283 g/mol. The van der Waals surface area contributed by atoms with E-state index < -0.39 is 40.7 Å². The Hall–Kier alpha value is -2.20. The van der Waals surface area contributed by atoms with E-state index in [4.69, 9.17) is 0 Å². The van der Waals surface area contributed by atoms with Crippen LogP contribution in [-0.2, 0) is 0 Å². The molecule has 1 aromatic rings. The van der Waals surface area contributed by atoms with Crippen molar-refractivity contribution in [3.05, 3.63) is 21.9 Å². The maximum Gasteiger partial charge on any atom is 0.574 e. The van der Waals surface area contributed by atoms with Gasteiger partial charge in [-0.05, 0) is 0 Å². The number of aromatic nitrogens is 1. The van der Waals surface area contributed by atoms with Gasteiger partial charge in [-0.2, -0.15) is 0 Å². The number of halogens is 5. The normalized spacial score (nSPS) is 11.5. The van der Waals surface area contributed by atoms with Crippen molar-refractivity contribution in [2.75, 3.05) is 7.11 Å². The molecule has 11 heteroatoms. The van der Waals surface area contributed by atoms with Crippen molar-refractivity contribution in [1.29, 1.82) is 0 Å². The van der Waals surface area contributed by atoms with Crippen LogP contribution in [0.1, 0.15) is 12.1 Å². The van der Waals surface area contributed by atoms with Crippen LogP contribution in [-0.4, -0.2) is 23.4 Å². The highest BCUT2D eigenvalue weighted by Crippen LogP contribution is 2.38. The average molecular weight is 288 g/mol. The molecule has 6 nitrogen and oxygen atoms in total. The van der Waals surface area contributed by atoms with Gasteiger partial charge < -0.3 is 9.47 Å². The van der Waals surface area contributed by atoms with Crippen molar-refractivity contribution in [2.45, 2.75) is 12.8 Å². The lowest BCUT2D eigenvalue weighted by Crippen LogP contribution is -2.18. The Morgan fingerprint density at radius 3 is 2.37 bits per heavy atom. The Labute approximate surface area is 101 Å². The molecule has 0 aliphatic rings. The number of alkyl halides is 5. The van der Waals surface area contributed by atoms with Gasteiger partial charge in [0.1, 0.15) is 0 Å². The van der Waals surface area contributed by atoms with E-state index >= 15 is 0 Å². The molecule has 0 fully saturated rings. The number of nitrogens with zero attached hydrogens (tertiary/aromatic N) is 2. The molecule has 0 spiro atoms. The van der Waals surface area contributed by atoms with Crippen LogP contribution in [0.5, 0.6) is 11.6 Å². The maximum absolute atomic E-state index is 12.6. The largest absolute Gasteiger partial charge is 0.574 e. The number of ether oxygens (including phenoxy) is 2. The molecule has 0 N–H and O–H groups in total. The van der Waals surface area contributed by atoms with Crippen molar-refractivity contribution in [3.8, 4) is 11.6 Å². The molecule has 0 radical (unpaired) electrons. The van der Waals surface area contributed by atoms with E-state index in [2.05, 4.69) is 14.5 Å². The van der Waals surface area contributed by atoms with E-state index in [9.17, 15) is 32.1 Å². The van der Waals surface area contributed by atoms with E-state index in [1.54, 1.807) is 0 Å². The van der Waals surface area contributed by atoms with Crippen LogP contribution in [0.4, 0.5) is 27.6 Å². The number of hydrogen-bond acceptors (Lipinski definition) is 5. The Balaban J connectivity index is 3.41. The zero-order valence-corrected chi connectivity index (χ0v) is 9.07. The van der Waals surface area contributed by atoms with Crippen molar-refractivity contribution < 1.29 is 36.3 Å². The topological polar surface area (TPSA) is 74.5 Å². The molecule has 1 aromatic heterocycles. The van der Waals surface area contributed by atoms with Gasteiger partial charge in [-0.3, -0.25) is 10.1 Å². The third-order valence-corrected chi connectivity index (χ3v) is 1.78. The van der Waals surface area contributed by atoms with Gasteiger partial charge in [0, 0.05) is 0 Å². The van der Waals surface area contributed by atoms with Gasteiger partial charge in [0.2, 0.25) is 11.6 Å².